The van der Waals surface area contributed by atoms with Crippen LogP contribution in [-0.4, -0.2) is 21.5 Å². The molecule has 0 fully saturated rings. The van der Waals surface area contributed by atoms with Crippen molar-refractivity contribution < 1.29 is 12.8 Å². The molecule has 0 aromatic carbocycles. The zero-order chi connectivity index (χ0) is 14.3. The van der Waals surface area contributed by atoms with Crippen LogP contribution in [0.5, 0.6) is 0 Å². The van der Waals surface area contributed by atoms with Crippen LogP contribution in [-0.2, 0) is 16.6 Å². The zero-order valence-corrected chi connectivity index (χ0v) is 12.3. The highest BCUT2D eigenvalue weighted by atomic mass is 32.2. The van der Waals surface area contributed by atoms with Gasteiger partial charge in [-0.2, -0.15) is 0 Å². The van der Waals surface area contributed by atoms with E-state index in [-0.39, 0.29) is 5.09 Å². The first-order valence-electron chi connectivity index (χ1n) is 6.35. The molecule has 0 saturated carbocycles. The van der Waals surface area contributed by atoms with Crippen molar-refractivity contribution >= 4 is 10.0 Å². The van der Waals surface area contributed by atoms with Crippen LogP contribution in [0.3, 0.4) is 0 Å². The molecule has 0 bridgehead atoms. The Morgan fingerprint density at radius 1 is 1.42 bits per heavy atom. The summed E-state index contributed by atoms with van der Waals surface area (Å²) in [5.74, 6) is 1.16. The first-order valence-corrected chi connectivity index (χ1v) is 7.84. The van der Waals surface area contributed by atoms with E-state index in [0.717, 1.165) is 6.54 Å². The van der Waals surface area contributed by atoms with Crippen LogP contribution in [0.4, 0.5) is 0 Å². The lowest BCUT2D eigenvalue weighted by molar-refractivity contribution is 0.394. The summed E-state index contributed by atoms with van der Waals surface area (Å²) in [6, 6.07) is 3.15. The van der Waals surface area contributed by atoms with Gasteiger partial charge in [-0.1, -0.05) is 19.9 Å². The topological polar surface area (TPSA) is 71.3 Å². The van der Waals surface area contributed by atoms with Gasteiger partial charge >= 0.3 is 0 Å². The normalized spacial score (nSPS) is 11.9. The largest absolute Gasteiger partial charge is 0.447 e. The van der Waals surface area contributed by atoms with E-state index >= 15 is 0 Å². The van der Waals surface area contributed by atoms with Gasteiger partial charge in [-0.05, 0) is 31.0 Å². The molecule has 0 saturated heterocycles. The van der Waals surface area contributed by atoms with Gasteiger partial charge in [0.25, 0.3) is 10.0 Å². The van der Waals surface area contributed by atoms with Crippen molar-refractivity contribution in [2.24, 2.45) is 5.92 Å². The second-order valence-electron chi connectivity index (χ2n) is 4.72. The number of nitrogens with one attached hydrogen (secondary N) is 2. The predicted molar refractivity (Wildman–Crippen MR) is 75.3 cm³/mol. The molecule has 2 N–H and O–H groups in total. The van der Waals surface area contributed by atoms with E-state index in [1.54, 1.807) is 12.1 Å². The first kappa shape index (κ1) is 15.9. The summed E-state index contributed by atoms with van der Waals surface area (Å²) >= 11 is 0. The highest BCUT2D eigenvalue weighted by Gasteiger charge is 2.17. The van der Waals surface area contributed by atoms with Gasteiger partial charge in [-0.3, -0.25) is 0 Å². The molecule has 0 amide bonds. The molecule has 0 spiro atoms. The lowest BCUT2D eigenvalue weighted by Crippen LogP contribution is -2.24. The second kappa shape index (κ2) is 7.47. The first-order chi connectivity index (χ1) is 8.95. The summed E-state index contributed by atoms with van der Waals surface area (Å²) in [4.78, 5) is 0. The van der Waals surface area contributed by atoms with Gasteiger partial charge in [0, 0.05) is 6.54 Å². The number of sulfonamides is 1. The fourth-order valence-electron chi connectivity index (χ4n) is 1.45. The number of rotatable bonds is 9. The molecule has 1 aromatic rings. The lowest BCUT2D eigenvalue weighted by Gasteiger charge is -2.05. The Hall–Kier alpha value is -1.11. The van der Waals surface area contributed by atoms with Crippen LogP contribution in [0.15, 0.2) is 34.3 Å². The van der Waals surface area contributed by atoms with Crippen LogP contribution in [0.1, 0.15) is 26.0 Å². The molecular formula is C13H22N2O3S. The average molecular weight is 286 g/mol. The summed E-state index contributed by atoms with van der Waals surface area (Å²) in [5.41, 5.74) is 0. The van der Waals surface area contributed by atoms with Gasteiger partial charge in [0.2, 0.25) is 5.09 Å². The average Bonchev–Trinajstić information content (AvgIpc) is 2.78. The molecule has 19 heavy (non-hydrogen) atoms. The van der Waals surface area contributed by atoms with Gasteiger partial charge in [0.15, 0.2) is 0 Å². The van der Waals surface area contributed by atoms with Crippen LogP contribution in [0.2, 0.25) is 0 Å². The van der Waals surface area contributed by atoms with Gasteiger partial charge < -0.3 is 9.73 Å². The molecule has 6 heteroatoms. The summed E-state index contributed by atoms with van der Waals surface area (Å²) in [6.07, 6.45) is 2.24. The monoisotopic (exact) mass is 286 g/mol. The van der Waals surface area contributed by atoms with Crippen LogP contribution < -0.4 is 10.0 Å². The molecule has 0 aliphatic carbocycles. The van der Waals surface area contributed by atoms with E-state index in [9.17, 15) is 8.42 Å². The van der Waals surface area contributed by atoms with Gasteiger partial charge in [0.05, 0.1) is 6.54 Å². The fraction of sp³-hybridized carbons (Fsp3) is 0.538. The van der Waals surface area contributed by atoms with E-state index in [1.807, 2.05) is 0 Å². The Labute approximate surface area is 115 Å². The van der Waals surface area contributed by atoms with E-state index in [0.29, 0.717) is 31.2 Å². The Bertz CT molecular complexity index is 492. The van der Waals surface area contributed by atoms with Crippen LogP contribution in [0.25, 0.3) is 0 Å². The molecule has 0 atom stereocenters. The zero-order valence-electron chi connectivity index (χ0n) is 11.5. The molecular weight excluding hydrogens is 264 g/mol. The minimum absolute atomic E-state index is 0.0436. The van der Waals surface area contributed by atoms with Crippen molar-refractivity contribution in [1.29, 1.82) is 0 Å². The molecule has 1 aromatic heterocycles. The minimum atomic E-state index is -3.55. The Morgan fingerprint density at radius 3 is 2.79 bits per heavy atom. The number of furan rings is 1. The lowest BCUT2D eigenvalue weighted by atomic mass is 10.2. The molecule has 0 radical (unpaired) electrons. The molecule has 0 unspecified atom stereocenters. The maximum Gasteiger partial charge on any atom is 0.273 e. The molecule has 0 aliphatic rings. The van der Waals surface area contributed by atoms with Gasteiger partial charge in [-0.25, -0.2) is 13.1 Å². The van der Waals surface area contributed by atoms with Crippen molar-refractivity contribution in [2.75, 3.05) is 13.1 Å². The van der Waals surface area contributed by atoms with Gasteiger partial charge in [-0.15, -0.1) is 6.58 Å². The standard InChI is InChI=1S/C13H22N2O3S/c1-4-5-8-15-19(16,17)13-7-6-12(18-13)10-14-9-11(2)3/h4,6-7,11,14-15H,1,5,8-10H2,2-3H3. The molecule has 108 valence electrons. The van der Waals surface area contributed by atoms with E-state index in [1.165, 1.54) is 6.07 Å². The summed E-state index contributed by atoms with van der Waals surface area (Å²) in [6.45, 7) is 9.47. The molecule has 1 heterocycles. The van der Waals surface area contributed by atoms with Crippen molar-refractivity contribution in [3.63, 3.8) is 0 Å². The SMILES string of the molecule is C=CCCNS(=O)(=O)c1ccc(CNCC(C)C)o1. The van der Waals surface area contributed by atoms with Gasteiger partial charge in [0.1, 0.15) is 5.76 Å². The third-order valence-electron chi connectivity index (χ3n) is 2.39. The smallest absolute Gasteiger partial charge is 0.273 e. The Kier molecular flexibility index (Phi) is 6.27. The third kappa shape index (κ3) is 5.59. The number of hydrogen-bond donors (Lipinski definition) is 2. The van der Waals surface area contributed by atoms with E-state index < -0.39 is 10.0 Å². The maximum absolute atomic E-state index is 11.8. The Morgan fingerprint density at radius 2 is 2.16 bits per heavy atom. The van der Waals surface area contributed by atoms with Crippen molar-refractivity contribution in [2.45, 2.75) is 31.9 Å². The van der Waals surface area contributed by atoms with Crippen molar-refractivity contribution in [3.8, 4) is 0 Å². The Balaban J connectivity index is 2.55. The highest BCUT2D eigenvalue weighted by molar-refractivity contribution is 7.89. The number of hydrogen-bond acceptors (Lipinski definition) is 4. The van der Waals surface area contributed by atoms with Crippen molar-refractivity contribution in [3.05, 3.63) is 30.5 Å². The van der Waals surface area contributed by atoms with Crippen LogP contribution in [0, 0.1) is 5.92 Å². The third-order valence-corrected chi connectivity index (χ3v) is 3.73. The van der Waals surface area contributed by atoms with Crippen molar-refractivity contribution in [1.82, 2.24) is 10.0 Å². The quantitative estimate of drug-likeness (QED) is 0.537. The fourth-order valence-corrected chi connectivity index (χ4v) is 2.44. The molecule has 5 nitrogen and oxygen atoms in total. The molecule has 1 rings (SSSR count). The maximum atomic E-state index is 11.8. The minimum Gasteiger partial charge on any atom is -0.447 e. The second-order valence-corrected chi connectivity index (χ2v) is 6.42. The predicted octanol–water partition coefficient (Wildman–Crippen LogP) is 1.88. The van der Waals surface area contributed by atoms with Crippen LogP contribution >= 0.6 is 0 Å². The highest BCUT2D eigenvalue weighted by Crippen LogP contribution is 2.13. The summed E-state index contributed by atoms with van der Waals surface area (Å²) < 4.78 is 31.5. The molecule has 0 aliphatic heterocycles. The summed E-state index contributed by atoms with van der Waals surface area (Å²) in [5, 5.41) is 3.15. The van der Waals surface area contributed by atoms with E-state index in [4.69, 9.17) is 4.42 Å². The van der Waals surface area contributed by atoms with E-state index in [2.05, 4.69) is 30.5 Å². The summed E-state index contributed by atoms with van der Waals surface area (Å²) in [7, 11) is -3.55.